The van der Waals surface area contributed by atoms with Crippen molar-refractivity contribution >= 4 is 61.7 Å². The van der Waals surface area contributed by atoms with Gasteiger partial charge in [0, 0.05) is 40.7 Å². The molecule has 9 rings (SSSR count). The summed E-state index contributed by atoms with van der Waals surface area (Å²) in [5, 5.41) is 2.46. The average molecular weight is 1080 g/mol. The maximum Gasteiger partial charge on any atom is 0.216 e. The Morgan fingerprint density at radius 1 is 0.762 bits per heavy atom. The summed E-state index contributed by atoms with van der Waals surface area (Å²) in [6, 6.07) is 33.9. The smallest absolute Gasteiger partial charge is 0.216 e. The van der Waals surface area contributed by atoms with E-state index < -0.39 is 45.2 Å². The van der Waals surface area contributed by atoms with Crippen molar-refractivity contribution in [3.63, 3.8) is 0 Å². The Morgan fingerprint density at radius 2 is 1.46 bits per heavy atom. The topological polar surface area (TPSA) is 56.7 Å². The van der Waals surface area contributed by atoms with Gasteiger partial charge in [0.25, 0.3) is 0 Å². The third kappa shape index (κ3) is 8.82. The standard InChI is InChI=1S/C39H38N3O.C16H19FGeN.Ir/c1-22(2)29-20-26(39(6,7)8)21-30(23(3)4)35(29)42-34-15-10-9-14-33(34)40-37(42)28-13-11-12-27-31-19-25-18-24(5)16-17-32(25)41-38(31)43-36(27)28;1-11-7-6-8-13(16(11)17)15-9-12(2)14(10-19-15)18(3,4)5;/h9-12,14-23H,1-8H3;6-7,9-10H,1-5H3;/q2*-1;/i5D3;1D3,2D3;. The van der Waals surface area contributed by atoms with Crippen LogP contribution in [0.4, 0.5) is 4.39 Å². The predicted molar refractivity (Wildman–Crippen MR) is 260 cm³/mol. The predicted octanol–water partition coefficient (Wildman–Crippen LogP) is 14.6. The number of hydrogen-bond acceptors (Lipinski definition) is 4. The summed E-state index contributed by atoms with van der Waals surface area (Å²) >= 11 is -2.52. The van der Waals surface area contributed by atoms with E-state index in [-0.39, 0.29) is 59.7 Å². The Hall–Kier alpha value is -4.95. The van der Waals surface area contributed by atoms with Gasteiger partial charge in [-0.05, 0) is 71.1 Å². The van der Waals surface area contributed by atoms with Crippen LogP contribution in [0.25, 0.3) is 72.3 Å². The molecule has 63 heavy (non-hydrogen) atoms. The minimum atomic E-state index is -2.61. The van der Waals surface area contributed by atoms with Crippen LogP contribution < -0.4 is 4.40 Å². The van der Waals surface area contributed by atoms with Crippen molar-refractivity contribution in [2.75, 3.05) is 0 Å². The van der Waals surface area contributed by atoms with Crippen LogP contribution in [0.15, 0.2) is 102 Å². The van der Waals surface area contributed by atoms with E-state index in [1.54, 1.807) is 18.2 Å². The number of halogens is 1. The third-order valence-electron chi connectivity index (χ3n) is 11.4. The van der Waals surface area contributed by atoms with E-state index in [0.29, 0.717) is 16.8 Å². The van der Waals surface area contributed by atoms with Crippen molar-refractivity contribution in [3.8, 4) is 28.3 Å². The zero-order chi connectivity index (χ0) is 51.9. The first kappa shape index (κ1) is 35.4. The van der Waals surface area contributed by atoms with E-state index in [9.17, 15) is 4.39 Å². The molecule has 0 saturated heterocycles. The SMILES string of the molecule is [2H]C([2H])([2H])c1cc(-c2[c-]ccc(C([2H])([2H])[2H])c2F)nc[c]1[Ge]([CH3])([CH3])[CH3].[2H]C([2H])([2H])c1ccc2nc3oc4c(-c5nc6ccccc6n5-c5c(C(C)C)cc(C(C)(C)C)cc5C(C)C)[c-]ccc4c3cc2c1.[Ir]. The molecule has 0 aliphatic heterocycles. The second-order valence-electron chi connectivity index (χ2n) is 18.7. The van der Waals surface area contributed by atoms with Gasteiger partial charge in [-0.2, -0.15) is 0 Å². The monoisotopic (exact) mass is 1080 g/mol. The molecule has 0 atom stereocenters. The Labute approximate surface area is 400 Å². The molecule has 5 aromatic carbocycles. The van der Waals surface area contributed by atoms with E-state index in [0.717, 1.165) is 54.7 Å². The molecule has 325 valence electrons. The van der Waals surface area contributed by atoms with Crippen LogP contribution in [0.2, 0.25) is 17.3 Å². The Kier molecular flexibility index (Phi) is 9.87. The van der Waals surface area contributed by atoms with Crippen LogP contribution in [0.1, 0.15) is 106 Å². The Balaban J connectivity index is 0.000000249. The number of benzene rings is 5. The Bertz CT molecular complexity index is 3480. The minimum Gasteiger partial charge on any atom is -0.486 e. The number of hydrogen-bond donors (Lipinski definition) is 0. The fourth-order valence-corrected chi connectivity index (χ4v) is 10.8. The average Bonchev–Trinajstić information content (AvgIpc) is 3.84. The van der Waals surface area contributed by atoms with Gasteiger partial charge >= 0.3 is 125 Å². The quantitative estimate of drug-likeness (QED) is 0.123. The van der Waals surface area contributed by atoms with Gasteiger partial charge in [0.2, 0.25) is 5.71 Å². The summed E-state index contributed by atoms with van der Waals surface area (Å²) < 4.78 is 93.4. The number of imidazole rings is 1. The number of pyridine rings is 2. The molecule has 0 unspecified atom stereocenters. The van der Waals surface area contributed by atoms with E-state index in [2.05, 4.69) is 100 Å². The Morgan fingerprint density at radius 3 is 2.13 bits per heavy atom. The maximum atomic E-state index is 14.7. The van der Waals surface area contributed by atoms with Gasteiger partial charge < -0.3 is 8.98 Å². The molecule has 0 amide bonds. The van der Waals surface area contributed by atoms with Crippen molar-refractivity contribution in [2.24, 2.45) is 0 Å². The minimum absolute atomic E-state index is 0. The zero-order valence-electron chi connectivity index (χ0n) is 46.3. The molecular weight excluding hydrogens is 1020 g/mol. The number of aromatic nitrogens is 4. The van der Waals surface area contributed by atoms with Gasteiger partial charge in [-0.1, -0.05) is 95.3 Å². The van der Waals surface area contributed by atoms with Gasteiger partial charge in [-0.25, -0.2) is 4.98 Å². The van der Waals surface area contributed by atoms with Crippen molar-refractivity contribution in [3.05, 3.63) is 149 Å². The summed E-state index contributed by atoms with van der Waals surface area (Å²) in [6.07, 6.45) is 1.49. The third-order valence-corrected chi connectivity index (χ3v) is 15.6. The molecule has 8 heteroatoms. The summed E-state index contributed by atoms with van der Waals surface area (Å²) in [7, 11) is 0. The normalized spacial score (nSPS) is 14.8. The molecule has 0 spiro atoms. The number of nitrogens with zero attached hydrogens (tertiary/aromatic N) is 4. The fourth-order valence-electron chi connectivity index (χ4n) is 8.02. The molecule has 5 nitrogen and oxygen atoms in total. The van der Waals surface area contributed by atoms with E-state index in [4.69, 9.17) is 26.7 Å². The van der Waals surface area contributed by atoms with E-state index in [1.165, 1.54) is 35.0 Å². The number of aryl methyl sites for hydroxylation is 3. The molecule has 0 fully saturated rings. The summed E-state index contributed by atoms with van der Waals surface area (Å²) in [5.74, 6) is 6.50. The van der Waals surface area contributed by atoms with E-state index in [1.807, 2.05) is 41.5 Å². The van der Waals surface area contributed by atoms with Crippen LogP contribution in [-0.2, 0) is 25.5 Å². The fraction of sp³-hybridized carbons (Fsp3) is 0.291. The first-order valence-electron chi connectivity index (χ1n) is 25.5. The molecule has 1 radical (unpaired) electrons. The molecule has 0 N–H and O–H groups in total. The van der Waals surface area contributed by atoms with Crippen molar-refractivity contribution < 1.29 is 41.2 Å². The van der Waals surface area contributed by atoms with Crippen molar-refractivity contribution in [1.29, 1.82) is 0 Å². The first-order valence-corrected chi connectivity index (χ1v) is 28.4. The summed E-state index contributed by atoms with van der Waals surface area (Å²) in [4.78, 5) is 14.3. The number of furan rings is 1. The summed E-state index contributed by atoms with van der Waals surface area (Å²) in [5.41, 5.74) is 9.46. The van der Waals surface area contributed by atoms with Crippen LogP contribution in [0, 0.1) is 38.5 Å². The van der Waals surface area contributed by atoms with Crippen LogP contribution in [0.5, 0.6) is 0 Å². The van der Waals surface area contributed by atoms with Crippen molar-refractivity contribution in [1.82, 2.24) is 19.5 Å². The number of rotatable bonds is 6. The molecule has 0 saturated carbocycles. The molecule has 4 aromatic heterocycles. The zero-order valence-corrected chi connectivity index (χ0v) is 41.8. The molecule has 0 aliphatic carbocycles. The van der Waals surface area contributed by atoms with Gasteiger partial charge in [0.05, 0.1) is 28.0 Å². The summed E-state index contributed by atoms with van der Waals surface area (Å²) in [6.45, 7) is 8.68. The van der Waals surface area contributed by atoms with Gasteiger partial charge in [-0.3, -0.25) is 4.98 Å². The van der Waals surface area contributed by atoms with Crippen LogP contribution in [0.3, 0.4) is 0 Å². The molecule has 0 aliphatic rings. The molecule has 0 bridgehead atoms. The maximum absolute atomic E-state index is 14.7. The van der Waals surface area contributed by atoms with Gasteiger partial charge in [-0.15, -0.1) is 18.2 Å². The first-order chi connectivity index (χ1) is 32.9. The molecular formula is C55H57FGeIrN4O-2. The van der Waals surface area contributed by atoms with Crippen molar-refractivity contribution in [2.45, 2.75) is 104 Å². The van der Waals surface area contributed by atoms with E-state index >= 15 is 0 Å². The second kappa shape index (κ2) is 17.6. The van der Waals surface area contributed by atoms with Crippen LogP contribution in [-0.4, -0.2) is 32.8 Å². The number of fused-ring (bicyclic) bond motifs is 5. The van der Waals surface area contributed by atoms with Crippen LogP contribution >= 0.6 is 0 Å². The van der Waals surface area contributed by atoms with Gasteiger partial charge in [0.15, 0.2) is 0 Å². The second-order valence-corrected chi connectivity index (χ2v) is 29.3. The molecule has 4 heterocycles. The molecule has 9 aromatic rings. The largest absolute Gasteiger partial charge is 0.486 e. The number of para-hydroxylation sites is 2. The van der Waals surface area contributed by atoms with Gasteiger partial charge in [0.1, 0.15) is 0 Å².